The molecule has 5 rings (SSSR count). The van der Waals surface area contributed by atoms with E-state index in [0.29, 0.717) is 6.54 Å². The molecule has 1 atom stereocenters. The number of hydrogen-bond donors (Lipinski definition) is 0. The molecule has 0 amide bonds. The zero-order valence-electron chi connectivity index (χ0n) is 15.9. The van der Waals surface area contributed by atoms with Crippen LogP contribution in [-0.4, -0.2) is 37.0 Å². The maximum absolute atomic E-state index is 12.5. The number of nitrogens with zero attached hydrogens (tertiary/aromatic N) is 6. The third-order valence-electron chi connectivity index (χ3n) is 5.74. The van der Waals surface area contributed by atoms with E-state index in [1.54, 1.807) is 10.7 Å². The number of anilines is 1. The number of hydrogen-bond acceptors (Lipinski definition) is 5. The summed E-state index contributed by atoms with van der Waals surface area (Å²) in [6, 6.07) is 6.13. The third kappa shape index (κ3) is 2.81. The van der Waals surface area contributed by atoms with Crippen LogP contribution in [0.5, 0.6) is 0 Å². The molecule has 0 aromatic carbocycles. The largest absolute Gasteiger partial charge is 0.352 e. The Labute approximate surface area is 157 Å². The minimum absolute atomic E-state index is 0.0217. The Kier molecular flexibility index (Phi) is 3.77. The Balaban J connectivity index is 1.51. The molecule has 3 aromatic rings. The van der Waals surface area contributed by atoms with E-state index in [0.717, 1.165) is 72.8 Å². The molecule has 7 nitrogen and oxygen atoms in total. The number of fused-ring (bicyclic) bond motifs is 2. The summed E-state index contributed by atoms with van der Waals surface area (Å²) in [6.07, 6.45) is 5.23. The molecule has 27 heavy (non-hydrogen) atoms. The summed E-state index contributed by atoms with van der Waals surface area (Å²) in [5.41, 5.74) is 5.08. The van der Waals surface area contributed by atoms with Crippen molar-refractivity contribution in [3.05, 3.63) is 51.2 Å². The molecule has 4 heterocycles. The van der Waals surface area contributed by atoms with Crippen LogP contribution in [0.4, 0.5) is 5.82 Å². The van der Waals surface area contributed by atoms with E-state index in [4.69, 9.17) is 0 Å². The first-order valence-electron chi connectivity index (χ1n) is 9.79. The SMILES string of the molecule is Cc1cc(N2CCCC2Cn2nc3c(cc2=O)CCC3)n2nc(C)cc2n1. The standard InChI is InChI=1S/C20H24N6O/c1-13-10-19(26-18(21-13)9-14(2)22-26)24-8-4-6-16(24)12-25-20(27)11-15-5-3-7-17(15)23-25/h9-11,16H,3-8,12H2,1-2H3. The Morgan fingerprint density at radius 1 is 1.07 bits per heavy atom. The fourth-order valence-corrected chi connectivity index (χ4v) is 4.50. The van der Waals surface area contributed by atoms with Crippen molar-refractivity contribution in [2.75, 3.05) is 11.4 Å². The van der Waals surface area contributed by atoms with E-state index in [2.05, 4.69) is 26.1 Å². The molecule has 0 spiro atoms. The van der Waals surface area contributed by atoms with Gasteiger partial charge in [-0.1, -0.05) is 0 Å². The second-order valence-corrected chi connectivity index (χ2v) is 7.79. The highest BCUT2D eigenvalue weighted by Gasteiger charge is 2.28. The number of aromatic nitrogens is 5. The summed E-state index contributed by atoms with van der Waals surface area (Å²) in [7, 11) is 0. The van der Waals surface area contributed by atoms with Crippen molar-refractivity contribution in [3.63, 3.8) is 0 Å². The van der Waals surface area contributed by atoms with Crippen molar-refractivity contribution in [3.8, 4) is 0 Å². The van der Waals surface area contributed by atoms with E-state index >= 15 is 0 Å². The Bertz CT molecular complexity index is 1080. The van der Waals surface area contributed by atoms with Crippen molar-refractivity contribution in [2.45, 2.75) is 58.5 Å². The highest BCUT2D eigenvalue weighted by Crippen LogP contribution is 2.27. The first-order chi connectivity index (χ1) is 13.1. The second kappa shape index (κ2) is 6.18. The fraction of sp³-hybridized carbons (Fsp3) is 0.500. The third-order valence-corrected chi connectivity index (χ3v) is 5.74. The van der Waals surface area contributed by atoms with Crippen molar-refractivity contribution < 1.29 is 0 Å². The van der Waals surface area contributed by atoms with Gasteiger partial charge in [0.1, 0.15) is 5.82 Å². The van der Waals surface area contributed by atoms with Gasteiger partial charge in [-0.3, -0.25) is 4.79 Å². The van der Waals surface area contributed by atoms with Crippen molar-refractivity contribution in [1.29, 1.82) is 0 Å². The minimum Gasteiger partial charge on any atom is -0.352 e. The zero-order valence-corrected chi connectivity index (χ0v) is 15.9. The molecule has 0 N–H and O–H groups in total. The molecule has 1 saturated heterocycles. The van der Waals surface area contributed by atoms with E-state index in [1.165, 1.54) is 0 Å². The van der Waals surface area contributed by atoms with Crippen LogP contribution in [0.3, 0.4) is 0 Å². The fourth-order valence-electron chi connectivity index (χ4n) is 4.50. The lowest BCUT2D eigenvalue weighted by atomic mass is 10.2. The van der Waals surface area contributed by atoms with Gasteiger partial charge >= 0.3 is 0 Å². The number of rotatable bonds is 3. The maximum Gasteiger partial charge on any atom is 0.267 e. The summed E-state index contributed by atoms with van der Waals surface area (Å²) in [5, 5.41) is 9.30. The molecule has 3 aromatic heterocycles. The zero-order chi connectivity index (χ0) is 18.5. The summed E-state index contributed by atoms with van der Waals surface area (Å²) in [6.45, 7) is 5.59. The van der Waals surface area contributed by atoms with Gasteiger partial charge in [-0.25, -0.2) is 9.67 Å². The van der Waals surface area contributed by atoms with Crippen molar-refractivity contribution >= 4 is 11.5 Å². The van der Waals surface area contributed by atoms with Gasteiger partial charge in [0.2, 0.25) is 0 Å². The van der Waals surface area contributed by atoms with Gasteiger partial charge in [-0.2, -0.15) is 14.7 Å². The van der Waals surface area contributed by atoms with E-state index in [9.17, 15) is 4.79 Å². The molecule has 7 heteroatoms. The van der Waals surface area contributed by atoms with Gasteiger partial charge in [0.15, 0.2) is 5.65 Å². The highest BCUT2D eigenvalue weighted by atomic mass is 16.1. The first-order valence-corrected chi connectivity index (χ1v) is 9.79. The average molecular weight is 364 g/mol. The molecule has 0 bridgehead atoms. The Hall–Kier alpha value is -2.70. The molecule has 0 saturated carbocycles. The second-order valence-electron chi connectivity index (χ2n) is 7.79. The molecule has 1 aliphatic heterocycles. The molecular weight excluding hydrogens is 340 g/mol. The lowest BCUT2D eigenvalue weighted by molar-refractivity contribution is 0.480. The quantitative estimate of drug-likeness (QED) is 0.712. The van der Waals surface area contributed by atoms with Crippen molar-refractivity contribution in [2.24, 2.45) is 0 Å². The van der Waals surface area contributed by atoms with Crippen LogP contribution in [0.15, 0.2) is 23.0 Å². The van der Waals surface area contributed by atoms with Gasteiger partial charge in [-0.15, -0.1) is 0 Å². The Morgan fingerprint density at radius 3 is 2.85 bits per heavy atom. The van der Waals surface area contributed by atoms with E-state index < -0.39 is 0 Å². The van der Waals surface area contributed by atoms with Crippen LogP contribution >= 0.6 is 0 Å². The maximum atomic E-state index is 12.5. The highest BCUT2D eigenvalue weighted by molar-refractivity contribution is 5.53. The van der Waals surface area contributed by atoms with Gasteiger partial charge in [0, 0.05) is 30.4 Å². The van der Waals surface area contributed by atoms with Crippen LogP contribution in [0.2, 0.25) is 0 Å². The summed E-state index contributed by atoms with van der Waals surface area (Å²) in [5.74, 6) is 1.06. The Morgan fingerprint density at radius 2 is 1.96 bits per heavy atom. The molecule has 1 aliphatic carbocycles. The molecule has 1 unspecified atom stereocenters. The predicted molar refractivity (Wildman–Crippen MR) is 103 cm³/mol. The predicted octanol–water partition coefficient (Wildman–Crippen LogP) is 2.06. The summed E-state index contributed by atoms with van der Waals surface area (Å²) in [4.78, 5) is 19.5. The molecule has 0 radical (unpaired) electrons. The smallest absolute Gasteiger partial charge is 0.267 e. The summed E-state index contributed by atoms with van der Waals surface area (Å²) < 4.78 is 3.60. The molecule has 1 fully saturated rings. The van der Waals surface area contributed by atoms with Crippen LogP contribution in [-0.2, 0) is 19.4 Å². The number of aryl methyl sites for hydroxylation is 4. The van der Waals surface area contributed by atoms with Gasteiger partial charge in [0.05, 0.1) is 24.0 Å². The monoisotopic (exact) mass is 364 g/mol. The van der Waals surface area contributed by atoms with Crippen LogP contribution in [0.1, 0.15) is 41.9 Å². The van der Waals surface area contributed by atoms with E-state index in [1.807, 2.05) is 24.4 Å². The normalized spacial score (nSPS) is 19.2. The van der Waals surface area contributed by atoms with Gasteiger partial charge in [0.25, 0.3) is 5.56 Å². The first kappa shape index (κ1) is 16.5. The lowest BCUT2D eigenvalue weighted by Gasteiger charge is -2.27. The van der Waals surface area contributed by atoms with Crippen molar-refractivity contribution in [1.82, 2.24) is 24.4 Å². The minimum atomic E-state index is 0.0217. The van der Waals surface area contributed by atoms with Crippen LogP contribution in [0.25, 0.3) is 5.65 Å². The average Bonchev–Trinajstić information content (AvgIpc) is 3.33. The summed E-state index contributed by atoms with van der Waals surface area (Å²) >= 11 is 0. The van der Waals surface area contributed by atoms with E-state index in [-0.39, 0.29) is 11.6 Å². The molecule has 2 aliphatic rings. The van der Waals surface area contributed by atoms with Gasteiger partial charge < -0.3 is 4.90 Å². The molecule has 140 valence electrons. The topological polar surface area (TPSA) is 68.3 Å². The lowest BCUT2D eigenvalue weighted by Crippen LogP contribution is -2.38. The van der Waals surface area contributed by atoms with Crippen LogP contribution < -0.4 is 10.5 Å². The van der Waals surface area contributed by atoms with Crippen LogP contribution in [0, 0.1) is 13.8 Å². The molecular formula is C20H24N6O. The van der Waals surface area contributed by atoms with Gasteiger partial charge in [-0.05, 0) is 51.5 Å².